The molecule has 0 aromatic heterocycles. The summed E-state index contributed by atoms with van der Waals surface area (Å²) in [4.78, 5) is 23.9. The highest BCUT2D eigenvalue weighted by molar-refractivity contribution is 5.96. The minimum atomic E-state index is -0.765. The van der Waals surface area contributed by atoms with Crippen LogP contribution in [0.2, 0.25) is 0 Å². The van der Waals surface area contributed by atoms with Crippen molar-refractivity contribution in [1.29, 1.82) is 0 Å². The van der Waals surface area contributed by atoms with Crippen LogP contribution in [0.5, 0.6) is 0 Å². The van der Waals surface area contributed by atoms with Gasteiger partial charge in [0.25, 0.3) is 0 Å². The molecule has 2 aromatic carbocycles. The second-order valence-corrected chi connectivity index (χ2v) is 6.09. The second-order valence-electron chi connectivity index (χ2n) is 6.09. The van der Waals surface area contributed by atoms with Crippen LogP contribution >= 0.6 is 0 Å². The van der Waals surface area contributed by atoms with E-state index in [9.17, 15) is 18.4 Å². The fourth-order valence-electron chi connectivity index (χ4n) is 2.45. The van der Waals surface area contributed by atoms with Gasteiger partial charge in [-0.15, -0.1) is 0 Å². The van der Waals surface area contributed by atoms with Crippen molar-refractivity contribution in [3.05, 3.63) is 65.7 Å². The van der Waals surface area contributed by atoms with Crippen LogP contribution in [0.4, 0.5) is 14.5 Å². The lowest BCUT2D eigenvalue weighted by molar-refractivity contribution is -0.126. The molecule has 0 aliphatic carbocycles. The van der Waals surface area contributed by atoms with Gasteiger partial charge in [-0.25, -0.2) is 8.78 Å². The molecule has 0 heterocycles. The van der Waals surface area contributed by atoms with Crippen molar-refractivity contribution in [2.75, 3.05) is 5.32 Å². The van der Waals surface area contributed by atoms with E-state index in [4.69, 9.17) is 0 Å². The molecular formula is C20H22F2N2O2. The third-order valence-corrected chi connectivity index (χ3v) is 3.94. The normalized spacial score (nSPS) is 11.7. The van der Waals surface area contributed by atoms with Crippen LogP contribution in [0.1, 0.15) is 31.7 Å². The summed E-state index contributed by atoms with van der Waals surface area (Å²) < 4.78 is 26.3. The van der Waals surface area contributed by atoms with E-state index in [0.29, 0.717) is 12.8 Å². The number of hydrogen-bond donors (Lipinski definition) is 2. The fourth-order valence-corrected chi connectivity index (χ4v) is 2.45. The predicted molar refractivity (Wildman–Crippen MR) is 96.6 cm³/mol. The molecule has 0 saturated carbocycles. The van der Waals surface area contributed by atoms with E-state index in [1.54, 1.807) is 25.1 Å². The first-order chi connectivity index (χ1) is 12.5. The molecule has 26 heavy (non-hydrogen) atoms. The van der Waals surface area contributed by atoms with Crippen LogP contribution < -0.4 is 10.6 Å². The standard InChI is InChI=1S/C20H22F2N2O2/c1-14(20(26)24-18-8-4-3-7-17(18)22)23-19(25)9-5-2-6-15-10-12-16(21)13-11-15/h3-4,7-8,10-14H,2,5-6,9H2,1H3,(H,23,25)(H,24,26). The number of hydrogen-bond acceptors (Lipinski definition) is 2. The maximum absolute atomic E-state index is 13.5. The smallest absolute Gasteiger partial charge is 0.246 e. The summed E-state index contributed by atoms with van der Waals surface area (Å²) in [6, 6.07) is 11.4. The average Bonchev–Trinajstić information content (AvgIpc) is 2.62. The Morgan fingerprint density at radius 2 is 1.69 bits per heavy atom. The molecule has 4 nitrogen and oxygen atoms in total. The molecule has 2 amide bonds. The maximum atomic E-state index is 13.5. The highest BCUT2D eigenvalue weighted by Gasteiger charge is 2.16. The quantitative estimate of drug-likeness (QED) is 0.703. The summed E-state index contributed by atoms with van der Waals surface area (Å²) in [5.74, 6) is -1.51. The third-order valence-electron chi connectivity index (χ3n) is 3.94. The number of nitrogens with one attached hydrogen (secondary N) is 2. The number of carbonyl (C=O) groups is 2. The van der Waals surface area contributed by atoms with Gasteiger partial charge in [0.15, 0.2) is 0 Å². The number of rotatable bonds is 8. The summed E-state index contributed by atoms with van der Waals surface area (Å²) in [6.07, 6.45) is 2.50. The van der Waals surface area contributed by atoms with Gasteiger partial charge in [0, 0.05) is 6.42 Å². The second kappa shape index (κ2) is 9.65. The van der Waals surface area contributed by atoms with Crippen molar-refractivity contribution < 1.29 is 18.4 Å². The van der Waals surface area contributed by atoms with E-state index in [1.807, 2.05) is 0 Å². The van der Waals surface area contributed by atoms with E-state index in [-0.39, 0.29) is 17.4 Å². The molecule has 0 saturated heterocycles. The summed E-state index contributed by atoms with van der Waals surface area (Å²) in [5.41, 5.74) is 1.10. The van der Waals surface area contributed by atoms with Crippen LogP contribution in [0.25, 0.3) is 0 Å². The predicted octanol–water partition coefficient (Wildman–Crippen LogP) is 3.82. The van der Waals surface area contributed by atoms with Crippen molar-refractivity contribution in [1.82, 2.24) is 5.32 Å². The first kappa shape index (κ1) is 19.6. The summed E-state index contributed by atoms with van der Waals surface area (Å²) in [7, 11) is 0. The van der Waals surface area contributed by atoms with Crippen LogP contribution in [0, 0.1) is 11.6 Å². The molecule has 0 aliphatic rings. The molecule has 0 radical (unpaired) electrons. The van der Waals surface area contributed by atoms with Gasteiger partial charge in [-0.05, 0) is 56.0 Å². The fraction of sp³-hybridized carbons (Fsp3) is 0.300. The van der Waals surface area contributed by atoms with Gasteiger partial charge < -0.3 is 10.6 Å². The number of benzene rings is 2. The molecule has 0 bridgehead atoms. The number of halogens is 2. The topological polar surface area (TPSA) is 58.2 Å². The van der Waals surface area contributed by atoms with Crippen molar-refractivity contribution in [3.8, 4) is 0 Å². The van der Waals surface area contributed by atoms with Gasteiger partial charge in [-0.3, -0.25) is 9.59 Å². The molecule has 6 heteroatoms. The number of unbranched alkanes of at least 4 members (excludes halogenated alkanes) is 1. The highest BCUT2D eigenvalue weighted by atomic mass is 19.1. The van der Waals surface area contributed by atoms with Gasteiger partial charge in [-0.2, -0.15) is 0 Å². The molecule has 2 aromatic rings. The lowest BCUT2D eigenvalue weighted by Crippen LogP contribution is -2.41. The molecule has 0 aliphatic heterocycles. The van der Waals surface area contributed by atoms with E-state index < -0.39 is 17.8 Å². The molecule has 2 rings (SSSR count). The van der Waals surface area contributed by atoms with Crippen LogP contribution in [-0.2, 0) is 16.0 Å². The number of amides is 2. The van der Waals surface area contributed by atoms with Crippen molar-refractivity contribution >= 4 is 17.5 Å². The highest BCUT2D eigenvalue weighted by Crippen LogP contribution is 2.12. The van der Waals surface area contributed by atoms with Gasteiger partial charge >= 0.3 is 0 Å². The third kappa shape index (κ3) is 6.27. The Hall–Kier alpha value is -2.76. The van der Waals surface area contributed by atoms with Crippen molar-refractivity contribution in [2.24, 2.45) is 0 Å². The summed E-state index contributed by atoms with van der Waals surface area (Å²) in [6.45, 7) is 1.55. The van der Waals surface area contributed by atoms with E-state index in [2.05, 4.69) is 10.6 Å². The van der Waals surface area contributed by atoms with Gasteiger partial charge in [0.05, 0.1) is 5.69 Å². The Labute approximate surface area is 151 Å². The summed E-state index contributed by atoms with van der Waals surface area (Å²) >= 11 is 0. The van der Waals surface area contributed by atoms with Gasteiger partial charge in [-0.1, -0.05) is 24.3 Å². The molecule has 1 atom stereocenters. The minimum Gasteiger partial charge on any atom is -0.345 e. The first-order valence-corrected chi connectivity index (χ1v) is 8.55. The lowest BCUT2D eigenvalue weighted by atomic mass is 10.1. The maximum Gasteiger partial charge on any atom is 0.246 e. The molecule has 1 unspecified atom stereocenters. The Morgan fingerprint density at radius 1 is 1.00 bits per heavy atom. The zero-order valence-corrected chi connectivity index (χ0v) is 14.6. The van der Waals surface area contributed by atoms with Gasteiger partial charge in [0.2, 0.25) is 11.8 Å². The number of para-hydroxylation sites is 1. The Balaban J connectivity index is 1.68. The van der Waals surface area contributed by atoms with Crippen molar-refractivity contribution in [3.63, 3.8) is 0 Å². The summed E-state index contributed by atoms with van der Waals surface area (Å²) in [5, 5.41) is 5.05. The van der Waals surface area contributed by atoms with Crippen LogP contribution in [-0.4, -0.2) is 17.9 Å². The minimum absolute atomic E-state index is 0.0814. The van der Waals surface area contributed by atoms with E-state index in [1.165, 1.54) is 30.3 Å². The molecule has 138 valence electrons. The number of anilines is 1. The monoisotopic (exact) mass is 360 g/mol. The Kier molecular flexibility index (Phi) is 7.26. The van der Waals surface area contributed by atoms with Crippen LogP contribution in [0.3, 0.4) is 0 Å². The lowest BCUT2D eigenvalue weighted by Gasteiger charge is -2.14. The average molecular weight is 360 g/mol. The van der Waals surface area contributed by atoms with Gasteiger partial charge in [0.1, 0.15) is 17.7 Å². The first-order valence-electron chi connectivity index (χ1n) is 8.55. The molecular weight excluding hydrogens is 338 g/mol. The zero-order valence-electron chi connectivity index (χ0n) is 14.6. The SMILES string of the molecule is CC(NC(=O)CCCCc1ccc(F)cc1)C(=O)Nc1ccccc1F. The largest absolute Gasteiger partial charge is 0.345 e. The zero-order chi connectivity index (χ0) is 18.9. The number of aryl methyl sites for hydroxylation is 1. The Bertz CT molecular complexity index is 748. The van der Waals surface area contributed by atoms with E-state index >= 15 is 0 Å². The van der Waals surface area contributed by atoms with Crippen LogP contribution in [0.15, 0.2) is 48.5 Å². The van der Waals surface area contributed by atoms with Crippen molar-refractivity contribution in [2.45, 2.75) is 38.6 Å². The molecule has 0 spiro atoms. The molecule has 0 fully saturated rings. The Morgan fingerprint density at radius 3 is 2.38 bits per heavy atom. The number of carbonyl (C=O) groups excluding carboxylic acids is 2. The van der Waals surface area contributed by atoms with E-state index in [0.717, 1.165) is 18.4 Å². The molecule has 2 N–H and O–H groups in total.